The number of carbonyl (C=O) groups is 1. The molecular weight excluding hydrogens is 314 g/mol. The number of aromatic hydroxyl groups is 1. The molecule has 0 aliphatic carbocycles. The summed E-state index contributed by atoms with van der Waals surface area (Å²) in [4.78, 5) is 12.0. The Kier molecular flexibility index (Phi) is 4.84. The molecule has 0 atom stereocenters. The maximum Gasteiger partial charge on any atom is 0.244 e. The molecule has 0 saturated heterocycles. The van der Waals surface area contributed by atoms with Crippen molar-refractivity contribution in [2.75, 3.05) is 0 Å². The van der Waals surface area contributed by atoms with E-state index < -0.39 is 0 Å². The van der Waals surface area contributed by atoms with Crippen molar-refractivity contribution in [3.05, 3.63) is 65.4 Å². The van der Waals surface area contributed by atoms with Gasteiger partial charge in [0, 0.05) is 28.7 Å². The normalized spacial score (nSPS) is 11.3. The molecule has 5 nitrogen and oxygen atoms in total. The minimum Gasteiger partial charge on any atom is -0.508 e. The zero-order valence-corrected chi connectivity index (χ0v) is 14.4. The molecule has 0 bridgehead atoms. The number of hydrazone groups is 1. The van der Waals surface area contributed by atoms with Crippen LogP contribution in [-0.2, 0) is 17.8 Å². The van der Waals surface area contributed by atoms with E-state index in [9.17, 15) is 9.90 Å². The van der Waals surface area contributed by atoms with Crippen LogP contribution in [-0.4, -0.2) is 21.8 Å². The molecular formula is C20H21N3O2. The van der Waals surface area contributed by atoms with Crippen LogP contribution in [0, 0.1) is 6.92 Å². The van der Waals surface area contributed by atoms with Gasteiger partial charge in [-0.1, -0.05) is 30.3 Å². The first-order chi connectivity index (χ1) is 12.1. The van der Waals surface area contributed by atoms with Crippen LogP contribution in [0.2, 0.25) is 0 Å². The standard InChI is InChI=1S/C20H21N3O2/c1-3-23-14(2)18(17-6-4-5-7-19(17)23)13-21-22-20(25)12-15-8-10-16(24)11-9-15/h4-11,13,24H,3,12H2,1-2H3,(H,22,25)/b21-13-. The number of carbonyl (C=O) groups excluding carboxylic acids is 1. The van der Waals surface area contributed by atoms with Gasteiger partial charge in [-0.15, -0.1) is 0 Å². The monoisotopic (exact) mass is 335 g/mol. The number of hydrogen-bond donors (Lipinski definition) is 2. The van der Waals surface area contributed by atoms with E-state index in [-0.39, 0.29) is 18.1 Å². The van der Waals surface area contributed by atoms with E-state index in [0.29, 0.717) is 0 Å². The van der Waals surface area contributed by atoms with E-state index in [4.69, 9.17) is 0 Å². The molecule has 3 rings (SSSR count). The highest BCUT2D eigenvalue weighted by molar-refractivity contribution is 6.01. The Morgan fingerprint density at radius 2 is 1.92 bits per heavy atom. The minimum atomic E-state index is -0.196. The third kappa shape index (κ3) is 3.55. The largest absolute Gasteiger partial charge is 0.508 e. The maximum absolute atomic E-state index is 12.0. The first-order valence-corrected chi connectivity index (χ1v) is 8.27. The summed E-state index contributed by atoms with van der Waals surface area (Å²) in [6.07, 6.45) is 1.92. The van der Waals surface area contributed by atoms with E-state index in [1.165, 1.54) is 5.52 Å². The average molecular weight is 335 g/mol. The third-order valence-electron chi connectivity index (χ3n) is 4.28. The summed E-state index contributed by atoms with van der Waals surface area (Å²) in [6.45, 7) is 5.05. The number of aromatic nitrogens is 1. The first-order valence-electron chi connectivity index (χ1n) is 8.27. The molecule has 2 aromatic carbocycles. The van der Waals surface area contributed by atoms with E-state index >= 15 is 0 Å². The highest BCUT2D eigenvalue weighted by Gasteiger charge is 2.11. The van der Waals surface area contributed by atoms with Crippen LogP contribution < -0.4 is 5.43 Å². The van der Waals surface area contributed by atoms with Crippen molar-refractivity contribution < 1.29 is 9.90 Å². The van der Waals surface area contributed by atoms with Crippen LogP contribution in [0.3, 0.4) is 0 Å². The Hall–Kier alpha value is -3.08. The molecule has 0 aliphatic rings. The lowest BCUT2D eigenvalue weighted by Gasteiger charge is -2.03. The number of fused-ring (bicyclic) bond motifs is 1. The van der Waals surface area contributed by atoms with Gasteiger partial charge in [-0.25, -0.2) is 5.43 Å². The minimum absolute atomic E-state index is 0.185. The van der Waals surface area contributed by atoms with Crippen molar-refractivity contribution in [3.63, 3.8) is 0 Å². The quantitative estimate of drug-likeness (QED) is 0.554. The summed E-state index contributed by atoms with van der Waals surface area (Å²) in [5.41, 5.74) is 6.70. The summed E-state index contributed by atoms with van der Waals surface area (Å²) >= 11 is 0. The van der Waals surface area contributed by atoms with Crippen molar-refractivity contribution >= 4 is 23.0 Å². The van der Waals surface area contributed by atoms with E-state index in [2.05, 4.69) is 41.1 Å². The van der Waals surface area contributed by atoms with Gasteiger partial charge in [-0.3, -0.25) is 4.79 Å². The Morgan fingerprint density at radius 1 is 1.20 bits per heavy atom. The number of para-hydroxylation sites is 1. The smallest absolute Gasteiger partial charge is 0.244 e. The van der Waals surface area contributed by atoms with Crippen LogP contribution in [0.1, 0.15) is 23.7 Å². The van der Waals surface area contributed by atoms with Gasteiger partial charge in [-0.2, -0.15) is 5.10 Å². The molecule has 0 aliphatic heterocycles. The lowest BCUT2D eigenvalue weighted by Crippen LogP contribution is -2.19. The molecule has 3 aromatic rings. The number of rotatable bonds is 5. The number of nitrogens with one attached hydrogen (secondary N) is 1. The van der Waals surface area contributed by atoms with Gasteiger partial charge in [0.1, 0.15) is 5.75 Å². The predicted octanol–water partition coefficient (Wildman–Crippen LogP) is 3.37. The van der Waals surface area contributed by atoms with Crippen molar-refractivity contribution in [2.24, 2.45) is 5.10 Å². The van der Waals surface area contributed by atoms with Crippen molar-refractivity contribution in [1.82, 2.24) is 9.99 Å². The lowest BCUT2D eigenvalue weighted by molar-refractivity contribution is -0.120. The molecule has 0 unspecified atom stereocenters. The molecule has 25 heavy (non-hydrogen) atoms. The second-order valence-corrected chi connectivity index (χ2v) is 5.90. The number of phenolic OH excluding ortho intramolecular Hbond substituents is 1. The second-order valence-electron chi connectivity index (χ2n) is 5.90. The number of nitrogens with zero attached hydrogens (tertiary/aromatic N) is 2. The number of benzene rings is 2. The highest BCUT2D eigenvalue weighted by atomic mass is 16.3. The van der Waals surface area contributed by atoms with Crippen LogP contribution in [0.25, 0.3) is 10.9 Å². The SMILES string of the molecule is CCn1c(C)c(/C=N\NC(=O)Cc2ccc(O)cc2)c2ccccc21. The average Bonchev–Trinajstić information content (AvgIpc) is 2.88. The van der Waals surface area contributed by atoms with Crippen molar-refractivity contribution in [1.29, 1.82) is 0 Å². The Morgan fingerprint density at radius 3 is 2.64 bits per heavy atom. The summed E-state index contributed by atoms with van der Waals surface area (Å²) in [7, 11) is 0. The van der Waals surface area contributed by atoms with Crippen LogP contribution in [0.15, 0.2) is 53.6 Å². The van der Waals surface area contributed by atoms with E-state index in [1.807, 2.05) is 12.1 Å². The number of amides is 1. The summed E-state index contributed by atoms with van der Waals surface area (Å²) in [5.74, 6) is -0.0104. The fourth-order valence-electron chi connectivity index (χ4n) is 3.04. The zero-order chi connectivity index (χ0) is 17.8. The molecule has 1 heterocycles. The van der Waals surface area contributed by atoms with Gasteiger partial charge >= 0.3 is 0 Å². The fourth-order valence-corrected chi connectivity index (χ4v) is 3.04. The van der Waals surface area contributed by atoms with Gasteiger partial charge in [-0.05, 0) is 37.6 Å². The van der Waals surface area contributed by atoms with Gasteiger partial charge in [0.2, 0.25) is 5.91 Å². The topological polar surface area (TPSA) is 66.6 Å². The van der Waals surface area contributed by atoms with E-state index in [0.717, 1.165) is 28.8 Å². The predicted molar refractivity (Wildman–Crippen MR) is 99.9 cm³/mol. The zero-order valence-electron chi connectivity index (χ0n) is 14.4. The molecule has 0 spiro atoms. The van der Waals surface area contributed by atoms with Gasteiger partial charge < -0.3 is 9.67 Å². The van der Waals surface area contributed by atoms with E-state index in [1.54, 1.807) is 30.5 Å². The summed E-state index contributed by atoms with van der Waals surface area (Å²) < 4.78 is 2.23. The van der Waals surface area contributed by atoms with Crippen molar-refractivity contribution in [2.45, 2.75) is 26.8 Å². The maximum atomic E-state index is 12.0. The second kappa shape index (κ2) is 7.21. The highest BCUT2D eigenvalue weighted by Crippen LogP contribution is 2.24. The lowest BCUT2D eigenvalue weighted by atomic mass is 10.1. The molecule has 128 valence electrons. The van der Waals surface area contributed by atoms with Crippen LogP contribution in [0.5, 0.6) is 5.75 Å². The third-order valence-corrected chi connectivity index (χ3v) is 4.28. The molecule has 1 amide bonds. The molecule has 0 saturated carbocycles. The van der Waals surface area contributed by atoms with Gasteiger partial charge in [0.15, 0.2) is 0 Å². The summed E-state index contributed by atoms with van der Waals surface area (Å²) in [6, 6.07) is 14.7. The van der Waals surface area contributed by atoms with Crippen molar-refractivity contribution in [3.8, 4) is 5.75 Å². The molecule has 1 aromatic heterocycles. The molecule has 0 fully saturated rings. The molecule has 2 N–H and O–H groups in total. The van der Waals surface area contributed by atoms with Crippen LogP contribution >= 0.6 is 0 Å². The van der Waals surface area contributed by atoms with Gasteiger partial charge in [0.05, 0.1) is 12.6 Å². The summed E-state index contributed by atoms with van der Waals surface area (Å²) in [5, 5.41) is 14.5. The fraction of sp³-hybridized carbons (Fsp3) is 0.200. The van der Waals surface area contributed by atoms with Gasteiger partial charge in [0.25, 0.3) is 0 Å². The Bertz CT molecular complexity index is 924. The number of hydrogen-bond acceptors (Lipinski definition) is 3. The molecule has 0 radical (unpaired) electrons. The van der Waals surface area contributed by atoms with Crippen LogP contribution in [0.4, 0.5) is 0 Å². The Balaban J connectivity index is 1.74. The first kappa shape index (κ1) is 16.8. The Labute approximate surface area is 146 Å². The molecule has 5 heteroatoms. The number of aryl methyl sites for hydroxylation is 1. The number of phenols is 1.